The van der Waals surface area contributed by atoms with Gasteiger partial charge in [0.15, 0.2) is 13.2 Å². The minimum absolute atomic E-state index is 0.129. The van der Waals surface area contributed by atoms with Crippen LogP contribution < -0.4 is 9.64 Å². The molecule has 128 valence electrons. The summed E-state index contributed by atoms with van der Waals surface area (Å²) in [5, 5.41) is 8.88. The second-order valence-electron chi connectivity index (χ2n) is 4.88. The largest absolute Gasteiger partial charge is 0.482 e. The fraction of sp³-hybridized carbons (Fsp3) is 0.167. The van der Waals surface area contributed by atoms with Gasteiger partial charge in [0.25, 0.3) is 5.91 Å². The average molecular weight is 403 g/mol. The Balaban J connectivity index is 1.84. The predicted octanol–water partition coefficient (Wildman–Crippen LogP) is 2.93. The van der Waals surface area contributed by atoms with Crippen LogP contribution in [0, 0.1) is 11.3 Å². The standard InChI is InChI=1S/C18H15BrN2O4/c19-14-6-8-16(9-7-14)24-13-18(23)25-12-17(22)21(11-10-20)15-4-2-1-3-5-15/h1-9H,11-13H2. The maximum Gasteiger partial charge on any atom is 0.344 e. The molecule has 0 bridgehead atoms. The summed E-state index contributed by atoms with van der Waals surface area (Å²) in [4.78, 5) is 25.2. The van der Waals surface area contributed by atoms with Crippen molar-refractivity contribution in [3.8, 4) is 11.8 Å². The van der Waals surface area contributed by atoms with E-state index in [9.17, 15) is 9.59 Å². The Kier molecular flexibility index (Phi) is 6.99. The molecule has 0 heterocycles. The molecule has 0 saturated carbocycles. The van der Waals surface area contributed by atoms with E-state index in [1.54, 1.807) is 54.6 Å². The average Bonchev–Trinajstić information content (AvgIpc) is 2.64. The van der Waals surface area contributed by atoms with Gasteiger partial charge in [-0.2, -0.15) is 5.26 Å². The smallest absolute Gasteiger partial charge is 0.344 e. The molecule has 2 aromatic carbocycles. The number of esters is 1. The van der Waals surface area contributed by atoms with Crippen LogP contribution in [0.5, 0.6) is 5.75 Å². The lowest BCUT2D eigenvalue weighted by molar-refractivity contribution is -0.149. The third-order valence-corrected chi connectivity index (χ3v) is 3.65. The summed E-state index contributed by atoms with van der Waals surface area (Å²) in [5.41, 5.74) is 0.566. The summed E-state index contributed by atoms with van der Waals surface area (Å²) >= 11 is 3.30. The number of anilines is 1. The maximum absolute atomic E-state index is 12.2. The second kappa shape index (κ2) is 9.45. The van der Waals surface area contributed by atoms with E-state index >= 15 is 0 Å². The number of nitrogens with zero attached hydrogens (tertiary/aromatic N) is 2. The van der Waals surface area contributed by atoms with E-state index in [1.165, 1.54) is 4.90 Å². The first-order chi connectivity index (χ1) is 12.1. The maximum atomic E-state index is 12.2. The molecule has 0 aliphatic rings. The Morgan fingerprint density at radius 3 is 2.36 bits per heavy atom. The van der Waals surface area contributed by atoms with Gasteiger partial charge in [0.05, 0.1) is 6.07 Å². The summed E-state index contributed by atoms with van der Waals surface area (Å²) in [6.45, 7) is -0.895. The van der Waals surface area contributed by atoms with Crippen molar-refractivity contribution in [2.45, 2.75) is 0 Å². The summed E-state index contributed by atoms with van der Waals surface area (Å²) in [6, 6.07) is 17.6. The van der Waals surface area contributed by atoms with Crippen LogP contribution in [0.3, 0.4) is 0 Å². The zero-order valence-corrected chi connectivity index (χ0v) is 14.8. The fourth-order valence-electron chi connectivity index (χ4n) is 1.94. The normalized spacial score (nSPS) is 9.76. The first-order valence-corrected chi connectivity index (χ1v) is 8.16. The molecule has 0 spiro atoms. The first kappa shape index (κ1) is 18.5. The van der Waals surface area contributed by atoms with Crippen molar-refractivity contribution in [3.05, 3.63) is 59.1 Å². The number of benzene rings is 2. The van der Waals surface area contributed by atoms with Gasteiger partial charge in [0.1, 0.15) is 12.3 Å². The molecule has 0 radical (unpaired) electrons. The van der Waals surface area contributed by atoms with Gasteiger partial charge in [-0.1, -0.05) is 34.1 Å². The predicted molar refractivity (Wildman–Crippen MR) is 95.0 cm³/mol. The summed E-state index contributed by atoms with van der Waals surface area (Å²) in [6.07, 6.45) is 0. The van der Waals surface area contributed by atoms with E-state index in [0.29, 0.717) is 11.4 Å². The van der Waals surface area contributed by atoms with Crippen LogP contribution in [0.15, 0.2) is 59.1 Å². The zero-order valence-electron chi connectivity index (χ0n) is 13.2. The molecule has 0 fully saturated rings. The molecule has 0 aromatic heterocycles. The Labute approximate surface area is 153 Å². The number of hydrogen-bond acceptors (Lipinski definition) is 5. The lowest BCUT2D eigenvalue weighted by Gasteiger charge is -2.19. The van der Waals surface area contributed by atoms with Crippen LogP contribution in [0.25, 0.3) is 0 Å². The molecular formula is C18H15BrN2O4. The number of hydrogen-bond donors (Lipinski definition) is 0. The van der Waals surface area contributed by atoms with Crippen molar-refractivity contribution < 1.29 is 19.1 Å². The lowest BCUT2D eigenvalue weighted by atomic mass is 10.3. The van der Waals surface area contributed by atoms with Crippen molar-refractivity contribution in [1.82, 2.24) is 0 Å². The van der Waals surface area contributed by atoms with Crippen LogP contribution in [-0.2, 0) is 14.3 Å². The third-order valence-electron chi connectivity index (χ3n) is 3.12. The topological polar surface area (TPSA) is 79.6 Å². The molecule has 0 aliphatic heterocycles. The van der Waals surface area contributed by atoms with E-state index in [4.69, 9.17) is 14.7 Å². The SMILES string of the molecule is N#CCN(C(=O)COC(=O)COc1ccc(Br)cc1)c1ccccc1. The Hall–Kier alpha value is -2.85. The molecule has 2 aromatic rings. The van der Waals surface area contributed by atoms with Crippen LogP contribution >= 0.6 is 15.9 Å². The monoisotopic (exact) mass is 402 g/mol. The van der Waals surface area contributed by atoms with Crippen molar-refractivity contribution in [2.24, 2.45) is 0 Å². The number of carbonyl (C=O) groups excluding carboxylic acids is 2. The molecule has 7 heteroatoms. The van der Waals surface area contributed by atoms with Crippen LogP contribution in [0.2, 0.25) is 0 Å². The van der Waals surface area contributed by atoms with E-state index in [2.05, 4.69) is 15.9 Å². The van der Waals surface area contributed by atoms with E-state index in [1.807, 2.05) is 6.07 Å². The minimum Gasteiger partial charge on any atom is -0.482 e. The highest BCUT2D eigenvalue weighted by atomic mass is 79.9. The van der Waals surface area contributed by atoms with Gasteiger partial charge in [-0.3, -0.25) is 9.69 Å². The molecule has 1 amide bonds. The Morgan fingerprint density at radius 2 is 1.72 bits per heavy atom. The number of para-hydroxylation sites is 1. The molecular weight excluding hydrogens is 388 g/mol. The van der Waals surface area contributed by atoms with Crippen LogP contribution in [-0.4, -0.2) is 31.6 Å². The van der Waals surface area contributed by atoms with E-state index < -0.39 is 18.5 Å². The van der Waals surface area contributed by atoms with Gasteiger partial charge in [0, 0.05) is 10.2 Å². The molecule has 0 aliphatic carbocycles. The molecule has 0 unspecified atom stereocenters. The van der Waals surface area contributed by atoms with Crippen LogP contribution in [0.1, 0.15) is 0 Å². The van der Waals surface area contributed by atoms with Gasteiger partial charge >= 0.3 is 5.97 Å². The van der Waals surface area contributed by atoms with Crippen molar-refractivity contribution in [1.29, 1.82) is 5.26 Å². The van der Waals surface area contributed by atoms with Crippen molar-refractivity contribution in [3.63, 3.8) is 0 Å². The summed E-state index contributed by atoms with van der Waals surface area (Å²) in [7, 11) is 0. The number of ether oxygens (including phenoxy) is 2. The third kappa shape index (κ3) is 5.94. The van der Waals surface area contributed by atoms with Crippen molar-refractivity contribution >= 4 is 33.5 Å². The molecule has 25 heavy (non-hydrogen) atoms. The highest BCUT2D eigenvalue weighted by Gasteiger charge is 2.17. The van der Waals surface area contributed by atoms with Gasteiger partial charge in [0.2, 0.25) is 0 Å². The highest BCUT2D eigenvalue weighted by Crippen LogP contribution is 2.16. The summed E-state index contributed by atoms with van der Waals surface area (Å²) in [5.74, 6) is -0.632. The molecule has 0 N–H and O–H groups in total. The first-order valence-electron chi connectivity index (χ1n) is 7.36. The number of amides is 1. The number of carbonyl (C=O) groups is 2. The van der Waals surface area contributed by atoms with E-state index in [-0.39, 0.29) is 13.2 Å². The van der Waals surface area contributed by atoms with Crippen molar-refractivity contribution in [2.75, 3.05) is 24.7 Å². The highest BCUT2D eigenvalue weighted by molar-refractivity contribution is 9.10. The molecule has 0 atom stereocenters. The van der Waals surface area contributed by atoms with E-state index in [0.717, 1.165) is 4.47 Å². The van der Waals surface area contributed by atoms with Gasteiger partial charge in [-0.05, 0) is 36.4 Å². The molecule has 0 saturated heterocycles. The van der Waals surface area contributed by atoms with Crippen LogP contribution in [0.4, 0.5) is 5.69 Å². The lowest BCUT2D eigenvalue weighted by Crippen LogP contribution is -2.35. The number of halogens is 1. The number of nitriles is 1. The Bertz CT molecular complexity index is 757. The Morgan fingerprint density at radius 1 is 1.04 bits per heavy atom. The fourth-order valence-corrected chi connectivity index (χ4v) is 2.20. The minimum atomic E-state index is -0.666. The molecule has 6 nitrogen and oxygen atoms in total. The van der Waals surface area contributed by atoms with Gasteiger partial charge < -0.3 is 9.47 Å². The summed E-state index contributed by atoms with van der Waals surface area (Å²) < 4.78 is 11.1. The molecule has 2 rings (SSSR count). The quantitative estimate of drug-likeness (QED) is 0.525. The van der Waals surface area contributed by atoms with Gasteiger partial charge in [-0.25, -0.2) is 4.79 Å². The number of rotatable bonds is 7. The van der Waals surface area contributed by atoms with Gasteiger partial charge in [-0.15, -0.1) is 0 Å². The zero-order chi connectivity index (χ0) is 18.1. The second-order valence-corrected chi connectivity index (χ2v) is 5.79.